The van der Waals surface area contributed by atoms with Gasteiger partial charge in [-0.05, 0) is 33.3 Å². The summed E-state index contributed by atoms with van der Waals surface area (Å²) < 4.78 is -0.699. The molecule has 10 heteroatoms. The predicted octanol–water partition coefficient (Wildman–Crippen LogP) is 1.80. The first kappa shape index (κ1) is 19.7. The highest BCUT2D eigenvalue weighted by Gasteiger charge is 2.69. The summed E-state index contributed by atoms with van der Waals surface area (Å²) >= 11 is 1.36. The molecule has 3 heterocycles. The average Bonchev–Trinajstić information content (AvgIpc) is 3.02. The molecule has 0 aliphatic carbocycles. The molecule has 3 saturated heterocycles. The van der Waals surface area contributed by atoms with Crippen molar-refractivity contribution < 1.29 is 19.5 Å². The van der Waals surface area contributed by atoms with Crippen molar-refractivity contribution in [2.24, 2.45) is 5.29 Å². The molecule has 2 amide bonds. The lowest BCUT2D eigenvalue weighted by atomic mass is 9.94. The van der Waals surface area contributed by atoms with Crippen molar-refractivity contribution in [1.29, 1.82) is 0 Å². The van der Waals surface area contributed by atoms with E-state index in [0.717, 1.165) is 0 Å². The second kappa shape index (κ2) is 6.19. The maximum Gasteiger partial charge on any atom is 0.327 e. The molecular weight excluding hydrogens is 396 g/mol. The first-order valence-electron chi connectivity index (χ1n) is 9.27. The number of carbonyl (C=O) groups is 3. The molecule has 1 N–H and O–H groups in total. The zero-order valence-corrected chi connectivity index (χ0v) is 17.3. The summed E-state index contributed by atoms with van der Waals surface area (Å²) in [7, 11) is 0. The Morgan fingerprint density at radius 2 is 1.72 bits per heavy atom. The van der Waals surface area contributed by atoms with Gasteiger partial charge in [-0.1, -0.05) is 30.3 Å². The summed E-state index contributed by atoms with van der Waals surface area (Å²) in [6, 6.07) is 6.08. The van der Waals surface area contributed by atoms with Crippen LogP contribution in [0.1, 0.15) is 39.3 Å². The van der Waals surface area contributed by atoms with E-state index in [4.69, 9.17) is 0 Å². The van der Waals surface area contributed by atoms with Gasteiger partial charge in [0.25, 0.3) is 5.91 Å². The first-order chi connectivity index (χ1) is 13.5. The number of carboxylic acids is 1. The molecule has 3 aliphatic heterocycles. The summed E-state index contributed by atoms with van der Waals surface area (Å²) in [5, 5.41) is 13.4. The molecule has 4 rings (SSSR count). The molecule has 1 unspecified atom stereocenters. The van der Waals surface area contributed by atoms with Gasteiger partial charge in [-0.15, -0.1) is 16.7 Å². The van der Waals surface area contributed by atoms with Crippen LogP contribution in [-0.4, -0.2) is 65.6 Å². The van der Waals surface area contributed by atoms with Gasteiger partial charge < -0.3 is 14.9 Å². The number of amides is 2. The van der Waals surface area contributed by atoms with Crippen molar-refractivity contribution in [2.75, 3.05) is 0 Å². The minimum atomic E-state index is -1.14. The fraction of sp³-hybridized carbons (Fsp3) is 0.526. The maximum absolute atomic E-state index is 13.4. The number of carboxylic acid groups (broad SMARTS) is 1. The van der Waals surface area contributed by atoms with Gasteiger partial charge in [0.15, 0.2) is 6.04 Å². The molecule has 0 bridgehead atoms. The fourth-order valence-corrected chi connectivity index (χ4v) is 6.38. The van der Waals surface area contributed by atoms with Gasteiger partial charge in [-0.25, -0.2) is 9.80 Å². The Morgan fingerprint density at radius 3 is 2.28 bits per heavy atom. The van der Waals surface area contributed by atoms with Gasteiger partial charge in [-0.2, -0.15) is 0 Å². The molecule has 0 saturated carbocycles. The molecule has 0 spiro atoms. The van der Waals surface area contributed by atoms with E-state index < -0.39 is 51.7 Å². The van der Waals surface area contributed by atoms with Crippen LogP contribution < -0.4 is 0 Å². The Morgan fingerprint density at radius 1 is 1.10 bits per heavy atom. The lowest BCUT2D eigenvalue weighted by Crippen LogP contribution is -2.73. The zero-order chi connectivity index (χ0) is 21.3. The number of thioether (sulfide) groups is 1. The zero-order valence-electron chi connectivity index (χ0n) is 16.5. The summed E-state index contributed by atoms with van der Waals surface area (Å²) in [4.78, 5) is 52.7. The number of carbonyl (C=O) groups excluding carboxylic acids is 2. The van der Waals surface area contributed by atoms with Crippen LogP contribution in [0.2, 0.25) is 0 Å². The van der Waals surface area contributed by atoms with Crippen LogP contribution in [0.5, 0.6) is 0 Å². The second-order valence-corrected chi connectivity index (χ2v) is 10.3. The highest BCUT2D eigenvalue weighted by atomic mass is 32.2. The smallest absolute Gasteiger partial charge is 0.327 e. The number of β-lactam (4-membered cyclic amide) rings is 1. The van der Waals surface area contributed by atoms with Gasteiger partial charge >= 0.3 is 5.97 Å². The SMILES string of the molecule is CC1(C)S[C@@H]2[C@H](N3C(=O)[C@@H](c4ccccc4)N(N=O)C3(C)C)C(=O)N2C1C(=O)O. The number of fused-ring (bicyclic) bond motifs is 1. The van der Waals surface area contributed by atoms with Crippen LogP contribution in [0.25, 0.3) is 0 Å². The van der Waals surface area contributed by atoms with Gasteiger partial charge in [0.2, 0.25) is 5.91 Å². The molecule has 1 aromatic carbocycles. The number of hydrogen-bond acceptors (Lipinski definition) is 6. The van der Waals surface area contributed by atoms with E-state index in [2.05, 4.69) is 5.29 Å². The van der Waals surface area contributed by atoms with Crippen LogP contribution in [0.4, 0.5) is 0 Å². The predicted molar refractivity (Wildman–Crippen MR) is 105 cm³/mol. The van der Waals surface area contributed by atoms with E-state index in [1.54, 1.807) is 58.0 Å². The Balaban J connectivity index is 1.72. The van der Waals surface area contributed by atoms with E-state index in [0.29, 0.717) is 5.56 Å². The normalized spacial score (nSPS) is 32.2. The van der Waals surface area contributed by atoms with Crippen LogP contribution in [-0.2, 0) is 14.4 Å². The molecule has 0 aromatic heterocycles. The fourth-order valence-electron chi connectivity index (χ4n) is 4.71. The third-order valence-corrected chi connectivity index (χ3v) is 7.55. The number of rotatable bonds is 4. The second-order valence-electron chi connectivity index (χ2n) is 8.49. The quantitative estimate of drug-likeness (QED) is 0.586. The average molecular weight is 418 g/mol. The lowest BCUT2D eigenvalue weighted by molar-refractivity contribution is -0.172. The molecule has 0 radical (unpaired) electrons. The summed E-state index contributed by atoms with van der Waals surface area (Å²) in [5.74, 6) is -1.88. The number of nitroso groups, excluding NO2 is 1. The third kappa shape index (κ3) is 2.51. The van der Waals surface area contributed by atoms with Gasteiger partial charge in [-0.3, -0.25) is 9.59 Å². The Labute approximate surface area is 172 Å². The summed E-state index contributed by atoms with van der Waals surface area (Å²) in [6.45, 7) is 6.90. The van der Waals surface area contributed by atoms with Crippen molar-refractivity contribution in [2.45, 2.75) is 61.6 Å². The number of hydrogen-bond donors (Lipinski definition) is 1. The van der Waals surface area contributed by atoms with Crippen molar-refractivity contribution in [3.05, 3.63) is 40.8 Å². The van der Waals surface area contributed by atoms with E-state index >= 15 is 0 Å². The molecular formula is C19H22N4O5S. The molecule has 1 aromatic rings. The van der Waals surface area contributed by atoms with Gasteiger partial charge in [0.05, 0.1) is 5.29 Å². The largest absolute Gasteiger partial charge is 0.480 e. The molecule has 154 valence electrons. The van der Waals surface area contributed by atoms with E-state index in [1.807, 2.05) is 0 Å². The molecule has 9 nitrogen and oxygen atoms in total. The van der Waals surface area contributed by atoms with Crippen LogP contribution in [0.15, 0.2) is 35.6 Å². The molecule has 4 atom stereocenters. The number of benzene rings is 1. The summed E-state index contributed by atoms with van der Waals surface area (Å²) in [6.07, 6.45) is 0. The highest BCUT2D eigenvalue weighted by Crippen LogP contribution is 2.55. The minimum Gasteiger partial charge on any atom is -0.480 e. The monoisotopic (exact) mass is 418 g/mol. The van der Waals surface area contributed by atoms with Gasteiger partial charge in [0.1, 0.15) is 23.1 Å². The van der Waals surface area contributed by atoms with Crippen molar-refractivity contribution in [3.8, 4) is 0 Å². The standard InChI is InChI=1S/C19H22N4O5S/c1-18(2)13(17(26)27)21-14(24)12(16(21)29-18)22-15(25)11(10-8-6-5-7-9-10)23(20-28)19(22,3)4/h5-9,11-13,16H,1-4H3,(H,26,27)/t11-,12-,13?,16-/m1/s1. The van der Waals surface area contributed by atoms with Crippen molar-refractivity contribution >= 4 is 29.5 Å². The van der Waals surface area contributed by atoms with E-state index in [1.165, 1.54) is 26.6 Å². The third-order valence-electron chi connectivity index (χ3n) is 5.99. The number of aliphatic carboxylic acids is 1. The minimum absolute atomic E-state index is 0.393. The molecule has 3 fully saturated rings. The van der Waals surface area contributed by atoms with Crippen LogP contribution in [0, 0.1) is 4.91 Å². The number of nitrogens with zero attached hydrogens (tertiary/aromatic N) is 4. The Kier molecular flexibility index (Phi) is 4.20. The topological polar surface area (TPSA) is 111 Å². The maximum atomic E-state index is 13.4. The first-order valence-corrected chi connectivity index (χ1v) is 10.2. The highest BCUT2D eigenvalue weighted by molar-refractivity contribution is 8.01. The van der Waals surface area contributed by atoms with Crippen molar-refractivity contribution in [1.82, 2.24) is 14.8 Å². The van der Waals surface area contributed by atoms with Crippen LogP contribution >= 0.6 is 11.8 Å². The lowest BCUT2D eigenvalue weighted by Gasteiger charge is -2.50. The summed E-state index contributed by atoms with van der Waals surface area (Å²) in [5.41, 5.74) is -0.531. The van der Waals surface area contributed by atoms with Crippen LogP contribution in [0.3, 0.4) is 0 Å². The molecule has 29 heavy (non-hydrogen) atoms. The van der Waals surface area contributed by atoms with Gasteiger partial charge in [0, 0.05) is 4.75 Å². The molecule has 3 aliphatic rings. The Bertz CT molecular complexity index is 905. The van der Waals surface area contributed by atoms with E-state index in [-0.39, 0.29) is 0 Å². The van der Waals surface area contributed by atoms with E-state index in [9.17, 15) is 24.4 Å². The van der Waals surface area contributed by atoms with Crippen molar-refractivity contribution in [3.63, 3.8) is 0 Å². The Hall–Kier alpha value is -2.62.